The number of imide groups is 1. The molecule has 0 radical (unpaired) electrons. The quantitative estimate of drug-likeness (QED) is 0.395. The van der Waals surface area contributed by atoms with Gasteiger partial charge >= 0.3 is 5.97 Å². The van der Waals surface area contributed by atoms with Crippen molar-refractivity contribution in [2.45, 2.75) is 5.03 Å². The molecule has 4 rings (SSSR count). The smallest absolute Gasteiger partial charge is 0.329 e. The van der Waals surface area contributed by atoms with E-state index in [9.17, 15) is 14.4 Å². The molecule has 0 saturated carbocycles. The van der Waals surface area contributed by atoms with E-state index in [-0.39, 0.29) is 16.9 Å². The van der Waals surface area contributed by atoms with Crippen molar-refractivity contribution in [1.29, 1.82) is 0 Å². The lowest BCUT2D eigenvalue weighted by molar-refractivity contribution is -0.165. The summed E-state index contributed by atoms with van der Waals surface area (Å²) in [6.45, 7) is 0. The monoisotopic (exact) mass is 371 g/mol. The third-order valence-electron chi connectivity index (χ3n) is 3.50. The lowest BCUT2D eigenvalue weighted by Crippen LogP contribution is -2.33. The Morgan fingerprint density at radius 1 is 1.12 bits per heavy atom. The van der Waals surface area contributed by atoms with Crippen molar-refractivity contribution in [3.8, 4) is 0 Å². The van der Waals surface area contributed by atoms with Crippen LogP contribution in [0.25, 0.3) is 10.2 Å². The van der Waals surface area contributed by atoms with Crippen LogP contribution in [0.2, 0.25) is 0 Å². The summed E-state index contributed by atoms with van der Waals surface area (Å²) in [5, 5.41) is 3.89. The van der Waals surface area contributed by atoms with E-state index in [1.807, 2.05) is 11.4 Å². The number of thioether (sulfide) groups is 1. The maximum Gasteiger partial charge on any atom is 0.343 e. The van der Waals surface area contributed by atoms with Gasteiger partial charge in [0.1, 0.15) is 21.9 Å². The van der Waals surface area contributed by atoms with Crippen molar-refractivity contribution >= 4 is 51.1 Å². The molecule has 0 aliphatic carbocycles. The normalized spacial score (nSPS) is 13.4. The first-order valence-corrected chi connectivity index (χ1v) is 9.01. The SMILES string of the molecule is O=C(CSc1ncnc2sccc12)ON1C(=O)c2ccccc2C1=O. The number of carbonyl (C=O) groups excluding carboxylic acids is 3. The number of nitrogens with zero attached hydrogens (tertiary/aromatic N) is 3. The molecule has 2 aromatic heterocycles. The van der Waals surface area contributed by atoms with E-state index in [0.717, 1.165) is 22.0 Å². The second kappa shape index (κ2) is 6.26. The van der Waals surface area contributed by atoms with Crippen LogP contribution in [0.5, 0.6) is 0 Å². The summed E-state index contributed by atoms with van der Waals surface area (Å²) in [4.78, 5) is 50.5. The molecule has 0 N–H and O–H groups in total. The van der Waals surface area contributed by atoms with Crippen LogP contribution in [0, 0.1) is 0 Å². The molecule has 0 spiro atoms. The Kier molecular flexibility index (Phi) is 3.94. The summed E-state index contributed by atoms with van der Waals surface area (Å²) in [5.41, 5.74) is 0.451. The Morgan fingerprint density at radius 3 is 2.56 bits per heavy atom. The van der Waals surface area contributed by atoms with Gasteiger partial charge in [0.15, 0.2) is 0 Å². The molecule has 1 aliphatic rings. The highest BCUT2D eigenvalue weighted by Gasteiger charge is 2.38. The topological polar surface area (TPSA) is 89.5 Å². The number of thiophene rings is 1. The summed E-state index contributed by atoms with van der Waals surface area (Å²) >= 11 is 2.64. The molecule has 0 bridgehead atoms. The molecule has 0 fully saturated rings. The number of fused-ring (bicyclic) bond motifs is 2. The molecule has 25 heavy (non-hydrogen) atoms. The maximum atomic E-state index is 12.2. The van der Waals surface area contributed by atoms with Gasteiger partial charge in [-0.1, -0.05) is 29.0 Å². The molecule has 2 amide bonds. The van der Waals surface area contributed by atoms with Crippen molar-refractivity contribution in [1.82, 2.24) is 15.0 Å². The van der Waals surface area contributed by atoms with Gasteiger partial charge in [-0.3, -0.25) is 9.59 Å². The van der Waals surface area contributed by atoms with Crippen molar-refractivity contribution < 1.29 is 19.2 Å². The molecule has 3 heterocycles. The van der Waals surface area contributed by atoms with Gasteiger partial charge in [-0.25, -0.2) is 14.8 Å². The number of hydroxylamine groups is 2. The largest absolute Gasteiger partial charge is 0.343 e. The van der Waals surface area contributed by atoms with E-state index in [1.54, 1.807) is 12.1 Å². The van der Waals surface area contributed by atoms with Crippen molar-refractivity contribution in [3.05, 3.63) is 53.2 Å². The van der Waals surface area contributed by atoms with Crippen LogP contribution in [0.1, 0.15) is 20.7 Å². The molecule has 7 nitrogen and oxygen atoms in total. The highest BCUT2D eigenvalue weighted by atomic mass is 32.2. The number of amides is 2. The van der Waals surface area contributed by atoms with E-state index in [4.69, 9.17) is 4.84 Å². The number of hydrogen-bond acceptors (Lipinski definition) is 8. The fraction of sp³-hybridized carbons (Fsp3) is 0.0625. The third kappa shape index (κ3) is 2.77. The molecule has 0 unspecified atom stereocenters. The van der Waals surface area contributed by atoms with E-state index >= 15 is 0 Å². The summed E-state index contributed by atoms with van der Waals surface area (Å²) in [7, 11) is 0. The van der Waals surface area contributed by atoms with Crippen molar-refractivity contribution in [2.75, 3.05) is 5.75 Å². The van der Waals surface area contributed by atoms with Crippen LogP contribution in [0.15, 0.2) is 47.1 Å². The Morgan fingerprint density at radius 2 is 1.84 bits per heavy atom. The number of rotatable bonds is 4. The number of carbonyl (C=O) groups is 3. The van der Waals surface area contributed by atoms with Crippen LogP contribution in [-0.2, 0) is 9.63 Å². The zero-order valence-corrected chi connectivity index (χ0v) is 14.2. The fourth-order valence-electron chi connectivity index (χ4n) is 2.39. The van der Waals surface area contributed by atoms with Crippen LogP contribution < -0.4 is 0 Å². The van der Waals surface area contributed by atoms with E-state index in [2.05, 4.69) is 9.97 Å². The number of hydrogen-bond donors (Lipinski definition) is 0. The summed E-state index contributed by atoms with van der Waals surface area (Å²) in [6.07, 6.45) is 1.43. The van der Waals surface area contributed by atoms with Gasteiger partial charge in [0.2, 0.25) is 0 Å². The van der Waals surface area contributed by atoms with Gasteiger partial charge in [-0.2, -0.15) is 0 Å². The average molecular weight is 371 g/mol. The predicted octanol–water partition coefficient (Wildman–Crippen LogP) is 2.54. The lowest BCUT2D eigenvalue weighted by Gasteiger charge is -2.12. The fourth-order valence-corrected chi connectivity index (χ4v) is 3.93. The average Bonchev–Trinajstić information content (AvgIpc) is 3.20. The third-order valence-corrected chi connectivity index (χ3v) is 5.30. The van der Waals surface area contributed by atoms with Crippen LogP contribution in [0.3, 0.4) is 0 Å². The van der Waals surface area contributed by atoms with Gasteiger partial charge in [-0.05, 0) is 23.6 Å². The predicted molar refractivity (Wildman–Crippen MR) is 91.2 cm³/mol. The minimum Gasteiger partial charge on any atom is -0.329 e. The first kappa shape index (κ1) is 15.7. The van der Waals surface area contributed by atoms with Gasteiger partial charge in [0, 0.05) is 5.39 Å². The summed E-state index contributed by atoms with van der Waals surface area (Å²) in [5.74, 6) is -2.07. The molecular weight excluding hydrogens is 362 g/mol. The first-order chi connectivity index (χ1) is 12.1. The highest BCUT2D eigenvalue weighted by Crippen LogP contribution is 2.28. The second-order valence-electron chi connectivity index (χ2n) is 5.02. The van der Waals surface area contributed by atoms with E-state index in [0.29, 0.717) is 10.1 Å². The minimum absolute atomic E-state index is 0.0879. The van der Waals surface area contributed by atoms with Gasteiger partial charge in [0.25, 0.3) is 11.8 Å². The van der Waals surface area contributed by atoms with Crippen LogP contribution >= 0.6 is 23.1 Å². The summed E-state index contributed by atoms with van der Waals surface area (Å²) < 4.78 is 0. The molecule has 9 heteroatoms. The van der Waals surface area contributed by atoms with Crippen LogP contribution in [0.4, 0.5) is 0 Å². The first-order valence-electron chi connectivity index (χ1n) is 7.15. The number of aromatic nitrogens is 2. The maximum absolute atomic E-state index is 12.2. The minimum atomic E-state index is -0.707. The Labute approximate surface area is 149 Å². The van der Waals surface area contributed by atoms with Gasteiger partial charge < -0.3 is 4.84 Å². The molecule has 0 saturated heterocycles. The Balaban J connectivity index is 1.44. The Bertz CT molecular complexity index is 982. The van der Waals surface area contributed by atoms with E-state index < -0.39 is 17.8 Å². The highest BCUT2D eigenvalue weighted by molar-refractivity contribution is 8.00. The van der Waals surface area contributed by atoms with Gasteiger partial charge in [0.05, 0.1) is 11.1 Å². The van der Waals surface area contributed by atoms with Gasteiger partial charge in [-0.15, -0.1) is 11.3 Å². The number of benzene rings is 1. The van der Waals surface area contributed by atoms with Crippen molar-refractivity contribution in [2.24, 2.45) is 0 Å². The molecule has 0 atom stereocenters. The molecular formula is C16H9N3O4S2. The Hall–Kier alpha value is -2.78. The molecule has 124 valence electrons. The molecule has 1 aliphatic heterocycles. The lowest BCUT2D eigenvalue weighted by atomic mass is 10.1. The van der Waals surface area contributed by atoms with Crippen LogP contribution in [-0.4, -0.2) is 38.6 Å². The zero-order valence-electron chi connectivity index (χ0n) is 12.5. The summed E-state index contributed by atoms with van der Waals surface area (Å²) in [6, 6.07) is 8.20. The molecule has 1 aromatic carbocycles. The van der Waals surface area contributed by atoms with Crippen molar-refractivity contribution in [3.63, 3.8) is 0 Å². The molecule has 3 aromatic rings. The zero-order chi connectivity index (χ0) is 17.4. The second-order valence-corrected chi connectivity index (χ2v) is 6.88. The standard InChI is InChI=1S/C16H9N3O4S2/c20-12(7-25-14-11-5-6-24-13(11)17-8-18-14)23-19-15(21)9-3-1-2-4-10(9)16(19)22/h1-6,8H,7H2. The van der Waals surface area contributed by atoms with E-state index in [1.165, 1.54) is 29.8 Å².